The van der Waals surface area contributed by atoms with Crippen molar-refractivity contribution >= 4 is 23.4 Å². The number of nitrogen functional groups attached to an aromatic ring is 2. The Bertz CT molecular complexity index is 1220. The molecular formula is C27H25F5N2O4. The molecule has 0 aliphatic heterocycles. The molecule has 0 heterocycles. The zero-order chi connectivity index (χ0) is 27.8. The monoisotopic (exact) mass is 536 g/mol. The average Bonchev–Trinajstić information content (AvgIpc) is 2.84. The van der Waals surface area contributed by atoms with Gasteiger partial charge in [0, 0.05) is 23.9 Å². The molecule has 0 bridgehead atoms. The van der Waals surface area contributed by atoms with Crippen LogP contribution in [0.4, 0.5) is 33.3 Å². The quantitative estimate of drug-likeness (QED) is 0.0961. The van der Waals surface area contributed by atoms with Gasteiger partial charge < -0.3 is 25.7 Å². The summed E-state index contributed by atoms with van der Waals surface area (Å²) < 4.78 is 80.8. The Morgan fingerprint density at radius 2 is 1.45 bits per heavy atom. The Balaban J connectivity index is 1.50. The summed E-state index contributed by atoms with van der Waals surface area (Å²) >= 11 is 0. The minimum atomic E-state index is -4.26. The van der Waals surface area contributed by atoms with Gasteiger partial charge in [-0.05, 0) is 78.2 Å². The number of carbonyl (C=O) groups excluding carboxylic acids is 1. The van der Waals surface area contributed by atoms with Crippen molar-refractivity contribution < 1.29 is 41.0 Å². The molecule has 6 nitrogen and oxygen atoms in total. The standard InChI is InChI=1S/C27H25F5N2O4/c28-26(29,30)12-1-13-36-23-7-9-24(10-8-23)38-27(31,32)20-5-2-18(3-6-20)4-11-25(35)37-17-19-14-21(33)16-22(34)15-19/h2-11,14-16H,1,12-13,17,33-34H2/b11-4+. The third-order valence-electron chi connectivity index (χ3n) is 5.02. The van der Waals surface area contributed by atoms with Crippen molar-refractivity contribution in [2.45, 2.75) is 31.7 Å². The van der Waals surface area contributed by atoms with Crippen LogP contribution < -0.4 is 20.9 Å². The van der Waals surface area contributed by atoms with Crippen LogP contribution in [0.1, 0.15) is 29.5 Å². The van der Waals surface area contributed by atoms with Gasteiger partial charge in [0.1, 0.15) is 18.1 Å². The van der Waals surface area contributed by atoms with E-state index in [4.69, 9.17) is 25.7 Å². The SMILES string of the molecule is Nc1cc(N)cc(COC(=O)/C=C/c2ccc(C(F)(F)Oc3ccc(OCCCC(F)(F)F)cc3)cc2)c1. The van der Waals surface area contributed by atoms with E-state index in [2.05, 4.69) is 0 Å². The summed E-state index contributed by atoms with van der Waals surface area (Å²) in [6.07, 6.45) is -6.56. The molecule has 0 aliphatic rings. The maximum Gasteiger partial charge on any atom is 0.426 e. The third-order valence-corrected chi connectivity index (χ3v) is 5.02. The smallest absolute Gasteiger partial charge is 0.426 e. The minimum absolute atomic E-state index is 0.0356. The number of ether oxygens (including phenoxy) is 3. The van der Waals surface area contributed by atoms with Gasteiger partial charge in [-0.25, -0.2) is 4.79 Å². The van der Waals surface area contributed by atoms with Crippen molar-refractivity contribution in [2.24, 2.45) is 0 Å². The fourth-order valence-electron chi connectivity index (χ4n) is 3.26. The first kappa shape index (κ1) is 28.3. The largest absolute Gasteiger partial charge is 0.494 e. The fraction of sp³-hybridized carbons (Fsp3) is 0.222. The summed E-state index contributed by atoms with van der Waals surface area (Å²) in [5.74, 6) is -0.572. The molecule has 3 aromatic rings. The highest BCUT2D eigenvalue weighted by Crippen LogP contribution is 2.32. The third kappa shape index (κ3) is 9.30. The highest BCUT2D eigenvalue weighted by atomic mass is 19.4. The second kappa shape index (κ2) is 12.3. The minimum Gasteiger partial charge on any atom is -0.494 e. The average molecular weight is 536 g/mol. The maximum absolute atomic E-state index is 14.6. The molecule has 0 saturated carbocycles. The lowest BCUT2D eigenvalue weighted by Gasteiger charge is -2.18. The Kier molecular flexibility index (Phi) is 9.16. The normalized spacial score (nSPS) is 11.9. The molecule has 3 rings (SSSR count). The zero-order valence-electron chi connectivity index (χ0n) is 20.0. The maximum atomic E-state index is 14.6. The number of hydrogen-bond acceptors (Lipinski definition) is 6. The Morgan fingerprint density at radius 1 is 0.842 bits per heavy atom. The number of benzene rings is 3. The van der Waals surface area contributed by atoms with Crippen molar-refractivity contribution in [2.75, 3.05) is 18.1 Å². The molecule has 0 unspecified atom stereocenters. The number of halogens is 5. The predicted molar refractivity (Wildman–Crippen MR) is 132 cm³/mol. The first-order valence-corrected chi connectivity index (χ1v) is 11.4. The molecule has 0 atom stereocenters. The highest BCUT2D eigenvalue weighted by Gasteiger charge is 2.34. The molecule has 0 radical (unpaired) electrons. The van der Waals surface area contributed by atoms with Crippen LogP contribution in [0.3, 0.4) is 0 Å². The van der Waals surface area contributed by atoms with E-state index in [1.54, 1.807) is 18.2 Å². The second-order valence-electron chi connectivity index (χ2n) is 8.23. The topological polar surface area (TPSA) is 96.8 Å². The van der Waals surface area contributed by atoms with Crippen LogP contribution in [0.15, 0.2) is 72.8 Å². The second-order valence-corrected chi connectivity index (χ2v) is 8.23. The van der Waals surface area contributed by atoms with E-state index in [0.717, 1.165) is 18.2 Å². The van der Waals surface area contributed by atoms with Gasteiger partial charge in [0.15, 0.2) is 0 Å². The molecule has 0 saturated heterocycles. The van der Waals surface area contributed by atoms with Gasteiger partial charge in [0.25, 0.3) is 0 Å². The van der Waals surface area contributed by atoms with Crippen LogP contribution in [0, 0.1) is 0 Å². The van der Waals surface area contributed by atoms with Crippen LogP contribution in [0.5, 0.6) is 11.5 Å². The van der Waals surface area contributed by atoms with Gasteiger partial charge in [0.05, 0.1) is 12.2 Å². The number of nitrogens with two attached hydrogens (primary N) is 2. The molecule has 0 amide bonds. The van der Waals surface area contributed by atoms with Crippen molar-refractivity contribution in [3.05, 3.63) is 89.5 Å². The lowest BCUT2D eigenvalue weighted by molar-refractivity contribution is -0.185. The number of hydrogen-bond donors (Lipinski definition) is 2. The lowest BCUT2D eigenvalue weighted by atomic mass is 10.1. The van der Waals surface area contributed by atoms with E-state index in [-0.39, 0.29) is 31.1 Å². The van der Waals surface area contributed by atoms with Crippen molar-refractivity contribution in [1.82, 2.24) is 0 Å². The van der Waals surface area contributed by atoms with Crippen LogP contribution in [-0.2, 0) is 22.2 Å². The zero-order valence-corrected chi connectivity index (χ0v) is 20.0. The number of esters is 1. The molecule has 202 valence electrons. The Morgan fingerprint density at radius 3 is 2.05 bits per heavy atom. The van der Waals surface area contributed by atoms with Gasteiger partial charge in [-0.3, -0.25) is 0 Å². The summed E-state index contributed by atoms with van der Waals surface area (Å²) in [6.45, 7) is -0.197. The molecule has 0 aliphatic carbocycles. The molecular weight excluding hydrogens is 511 g/mol. The first-order valence-electron chi connectivity index (χ1n) is 11.4. The van der Waals surface area contributed by atoms with Gasteiger partial charge in [-0.1, -0.05) is 12.1 Å². The molecule has 11 heteroatoms. The molecule has 0 spiro atoms. The summed E-state index contributed by atoms with van der Waals surface area (Å²) in [4.78, 5) is 12.0. The van der Waals surface area contributed by atoms with E-state index < -0.39 is 30.2 Å². The summed E-state index contributed by atoms with van der Waals surface area (Å²) in [6, 6.07) is 15.0. The number of carbonyl (C=O) groups is 1. The van der Waals surface area contributed by atoms with Gasteiger partial charge in [0.2, 0.25) is 0 Å². The van der Waals surface area contributed by atoms with Gasteiger partial charge in [-0.15, -0.1) is 0 Å². The predicted octanol–water partition coefficient (Wildman–Crippen LogP) is 6.46. The molecule has 4 N–H and O–H groups in total. The van der Waals surface area contributed by atoms with Gasteiger partial charge >= 0.3 is 18.3 Å². The van der Waals surface area contributed by atoms with Crippen LogP contribution in [0.25, 0.3) is 6.08 Å². The Labute approximate surface area is 215 Å². The van der Waals surface area contributed by atoms with Crippen molar-refractivity contribution in [1.29, 1.82) is 0 Å². The number of rotatable bonds is 11. The van der Waals surface area contributed by atoms with E-state index in [1.165, 1.54) is 42.5 Å². The number of anilines is 2. The van der Waals surface area contributed by atoms with Crippen LogP contribution >= 0.6 is 0 Å². The first-order chi connectivity index (χ1) is 17.9. The molecule has 3 aromatic carbocycles. The molecule has 0 fully saturated rings. The lowest BCUT2D eigenvalue weighted by Crippen LogP contribution is -2.21. The van der Waals surface area contributed by atoms with E-state index in [9.17, 15) is 26.7 Å². The van der Waals surface area contributed by atoms with Crippen molar-refractivity contribution in [3.63, 3.8) is 0 Å². The van der Waals surface area contributed by atoms with E-state index in [0.29, 0.717) is 22.5 Å². The van der Waals surface area contributed by atoms with Crippen LogP contribution in [0.2, 0.25) is 0 Å². The Hall–Kier alpha value is -4.28. The number of alkyl halides is 5. The molecule has 38 heavy (non-hydrogen) atoms. The summed E-state index contributed by atoms with van der Waals surface area (Å²) in [7, 11) is 0. The van der Waals surface area contributed by atoms with Gasteiger partial charge in [-0.2, -0.15) is 22.0 Å². The fourth-order valence-corrected chi connectivity index (χ4v) is 3.26. The van der Waals surface area contributed by atoms with E-state index in [1.807, 2.05) is 0 Å². The highest BCUT2D eigenvalue weighted by molar-refractivity contribution is 5.87. The van der Waals surface area contributed by atoms with Crippen LogP contribution in [-0.4, -0.2) is 18.8 Å². The summed E-state index contributed by atoms with van der Waals surface area (Å²) in [5.41, 5.74) is 12.9. The molecule has 0 aromatic heterocycles. The van der Waals surface area contributed by atoms with Crippen molar-refractivity contribution in [3.8, 4) is 11.5 Å². The summed E-state index contributed by atoms with van der Waals surface area (Å²) in [5, 5.41) is 0. The van der Waals surface area contributed by atoms with E-state index >= 15 is 0 Å².